The molecule has 0 unspecified atom stereocenters. The summed E-state index contributed by atoms with van der Waals surface area (Å²) in [5, 5.41) is 18.0. The second-order valence-electron chi connectivity index (χ2n) is 7.11. The Kier molecular flexibility index (Phi) is 4.72. The Bertz CT molecular complexity index is 1330. The van der Waals surface area contributed by atoms with Crippen LogP contribution in [0.5, 0.6) is 0 Å². The van der Waals surface area contributed by atoms with Gasteiger partial charge < -0.3 is 14.3 Å². The van der Waals surface area contributed by atoms with Gasteiger partial charge in [-0.05, 0) is 24.3 Å². The fourth-order valence-corrected chi connectivity index (χ4v) is 3.60. The number of hydrogen-bond donors (Lipinski definition) is 1. The fourth-order valence-electron chi connectivity index (χ4n) is 3.60. The van der Waals surface area contributed by atoms with Crippen molar-refractivity contribution in [1.29, 1.82) is 5.26 Å². The van der Waals surface area contributed by atoms with E-state index in [4.69, 9.17) is 9.68 Å². The van der Waals surface area contributed by atoms with Crippen molar-refractivity contribution >= 4 is 28.6 Å². The average molecular weight is 411 g/mol. The lowest BCUT2D eigenvalue weighted by Gasteiger charge is -2.25. The van der Waals surface area contributed by atoms with Gasteiger partial charge in [0.05, 0.1) is 11.8 Å². The fraction of sp³-hybridized carbons (Fsp3) is 0.182. The number of aromatic amines is 1. The van der Waals surface area contributed by atoms with E-state index in [1.165, 1.54) is 0 Å². The molecule has 0 saturated carbocycles. The van der Waals surface area contributed by atoms with Gasteiger partial charge in [-0.2, -0.15) is 10.2 Å². The highest BCUT2D eigenvalue weighted by Gasteiger charge is 2.25. The highest BCUT2D eigenvalue weighted by atomic mass is 16.3. The SMILES string of the molecule is N#CCC(=O)N1CCc2oc(-c3nc(N=Nc4ccccc4)nc4[nH]ccc34)cc2C1. The molecule has 1 aromatic carbocycles. The minimum Gasteiger partial charge on any atom is -0.459 e. The molecule has 1 aliphatic rings. The predicted octanol–water partition coefficient (Wildman–Crippen LogP) is 4.43. The number of rotatable bonds is 4. The van der Waals surface area contributed by atoms with Gasteiger partial charge in [0.1, 0.15) is 23.5 Å². The Morgan fingerprint density at radius 1 is 1.23 bits per heavy atom. The Hall–Kier alpha value is -4.32. The molecule has 152 valence electrons. The summed E-state index contributed by atoms with van der Waals surface area (Å²) in [7, 11) is 0. The summed E-state index contributed by atoms with van der Waals surface area (Å²) in [6, 6.07) is 15.1. The van der Waals surface area contributed by atoms with Crippen LogP contribution < -0.4 is 0 Å². The summed E-state index contributed by atoms with van der Waals surface area (Å²) in [5.74, 6) is 1.46. The molecule has 9 nitrogen and oxygen atoms in total. The van der Waals surface area contributed by atoms with Crippen LogP contribution in [0.25, 0.3) is 22.5 Å². The van der Waals surface area contributed by atoms with Crippen LogP contribution in [0.15, 0.2) is 63.3 Å². The molecule has 0 bridgehead atoms. The number of benzene rings is 1. The van der Waals surface area contributed by atoms with Crippen LogP contribution in [0.1, 0.15) is 17.7 Å². The maximum absolute atomic E-state index is 12.1. The Labute approximate surface area is 177 Å². The van der Waals surface area contributed by atoms with Crippen molar-refractivity contribution in [2.24, 2.45) is 10.2 Å². The van der Waals surface area contributed by atoms with Crippen molar-refractivity contribution in [3.63, 3.8) is 0 Å². The summed E-state index contributed by atoms with van der Waals surface area (Å²) in [5.41, 5.74) is 2.86. The number of H-pyrrole nitrogens is 1. The zero-order chi connectivity index (χ0) is 21.2. The minimum atomic E-state index is -0.172. The summed E-state index contributed by atoms with van der Waals surface area (Å²) in [4.78, 5) is 25.8. The molecule has 0 saturated heterocycles. The number of carbonyl (C=O) groups is 1. The second kappa shape index (κ2) is 7.84. The van der Waals surface area contributed by atoms with Crippen LogP contribution in [-0.4, -0.2) is 32.3 Å². The molecule has 0 atom stereocenters. The van der Waals surface area contributed by atoms with Gasteiger partial charge in [-0.15, -0.1) is 10.2 Å². The molecule has 3 aromatic heterocycles. The third-order valence-electron chi connectivity index (χ3n) is 5.10. The Morgan fingerprint density at radius 2 is 2.10 bits per heavy atom. The van der Waals surface area contributed by atoms with Crippen LogP contribution in [-0.2, 0) is 17.8 Å². The number of carbonyl (C=O) groups excluding carboxylic acids is 1. The Morgan fingerprint density at radius 3 is 2.94 bits per heavy atom. The van der Waals surface area contributed by atoms with E-state index in [1.807, 2.05) is 48.5 Å². The largest absolute Gasteiger partial charge is 0.459 e. The van der Waals surface area contributed by atoms with Gasteiger partial charge in [-0.1, -0.05) is 18.2 Å². The molecule has 1 aliphatic heterocycles. The first-order valence-electron chi connectivity index (χ1n) is 9.80. The first kappa shape index (κ1) is 18.7. The number of fused-ring (bicyclic) bond motifs is 2. The number of furan rings is 1. The van der Waals surface area contributed by atoms with E-state index in [9.17, 15) is 4.79 Å². The lowest BCUT2D eigenvalue weighted by Crippen LogP contribution is -2.35. The average Bonchev–Trinajstić information content (AvgIpc) is 3.44. The highest BCUT2D eigenvalue weighted by molar-refractivity contribution is 5.90. The van der Waals surface area contributed by atoms with E-state index in [0.29, 0.717) is 42.3 Å². The van der Waals surface area contributed by atoms with Crippen LogP contribution in [0.4, 0.5) is 11.6 Å². The van der Waals surface area contributed by atoms with Gasteiger partial charge in [-0.3, -0.25) is 4.79 Å². The molecule has 9 heteroatoms. The summed E-state index contributed by atoms with van der Waals surface area (Å²) >= 11 is 0. The summed E-state index contributed by atoms with van der Waals surface area (Å²) < 4.78 is 6.10. The number of amides is 1. The van der Waals surface area contributed by atoms with E-state index in [0.717, 1.165) is 16.7 Å². The molecule has 1 amide bonds. The number of nitrogens with zero attached hydrogens (tertiary/aromatic N) is 6. The molecular weight excluding hydrogens is 394 g/mol. The van der Waals surface area contributed by atoms with E-state index >= 15 is 0 Å². The number of nitrogens with one attached hydrogen (secondary N) is 1. The van der Waals surface area contributed by atoms with Gasteiger partial charge in [0.25, 0.3) is 5.95 Å². The van der Waals surface area contributed by atoms with E-state index in [1.54, 1.807) is 11.1 Å². The number of nitriles is 1. The second-order valence-corrected chi connectivity index (χ2v) is 7.11. The summed E-state index contributed by atoms with van der Waals surface area (Å²) in [6.07, 6.45) is 2.26. The molecule has 0 fully saturated rings. The van der Waals surface area contributed by atoms with Crippen molar-refractivity contribution < 1.29 is 9.21 Å². The molecule has 0 aliphatic carbocycles. The van der Waals surface area contributed by atoms with Crippen molar-refractivity contribution in [2.75, 3.05) is 6.54 Å². The van der Waals surface area contributed by atoms with Gasteiger partial charge in [-0.25, -0.2) is 4.98 Å². The molecule has 0 radical (unpaired) electrons. The zero-order valence-electron chi connectivity index (χ0n) is 16.4. The molecule has 4 aromatic rings. The first-order valence-corrected chi connectivity index (χ1v) is 9.80. The van der Waals surface area contributed by atoms with Gasteiger partial charge >= 0.3 is 0 Å². The number of aromatic nitrogens is 3. The standard InChI is InChI=1S/C22H17N7O2/c23-9-6-19(30)29-11-8-17-14(13-29)12-18(31-17)20-16-7-10-24-21(16)26-22(25-20)28-27-15-4-2-1-3-5-15/h1-5,7,10,12H,6,8,11,13H2,(H,24,25,26). The Balaban J connectivity index is 1.50. The van der Waals surface area contributed by atoms with Crippen LogP contribution in [0.3, 0.4) is 0 Å². The maximum atomic E-state index is 12.1. The molecule has 4 heterocycles. The summed E-state index contributed by atoms with van der Waals surface area (Å²) in [6.45, 7) is 0.946. The monoisotopic (exact) mass is 411 g/mol. The third kappa shape index (κ3) is 3.67. The smallest absolute Gasteiger partial charge is 0.271 e. The van der Waals surface area contributed by atoms with Gasteiger partial charge in [0.15, 0.2) is 5.76 Å². The molecule has 1 N–H and O–H groups in total. The predicted molar refractivity (Wildman–Crippen MR) is 112 cm³/mol. The zero-order valence-corrected chi connectivity index (χ0v) is 16.4. The van der Waals surface area contributed by atoms with Crippen molar-refractivity contribution in [2.45, 2.75) is 19.4 Å². The van der Waals surface area contributed by atoms with E-state index in [-0.39, 0.29) is 18.3 Å². The van der Waals surface area contributed by atoms with E-state index in [2.05, 4.69) is 25.2 Å². The molecule has 5 rings (SSSR count). The quantitative estimate of drug-likeness (QED) is 0.498. The van der Waals surface area contributed by atoms with Crippen LogP contribution >= 0.6 is 0 Å². The third-order valence-corrected chi connectivity index (χ3v) is 5.10. The van der Waals surface area contributed by atoms with Crippen molar-refractivity contribution in [1.82, 2.24) is 19.9 Å². The van der Waals surface area contributed by atoms with Crippen LogP contribution in [0, 0.1) is 11.3 Å². The maximum Gasteiger partial charge on any atom is 0.271 e. The van der Waals surface area contributed by atoms with E-state index < -0.39 is 0 Å². The van der Waals surface area contributed by atoms with Crippen LogP contribution in [0.2, 0.25) is 0 Å². The van der Waals surface area contributed by atoms with Crippen molar-refractivity contribution in [3.8, 4) is 17.5 Å². The van der Waals surface area contributed by atoms with Gasteiger partial charge in [0.2, 0.25) is 5.91 Å². The molecular formula is C22H17N7O2. The van der Waals surface area contributed by atoms with Gasteiger partial charge in [0, 0.05) is 36.7 Å². The number of hydrogen-bond acceptors (Lipinski definition) is 7. The minimum absolute atomic E-state index is 0.119. The normalized spacial score (nSPS) is 13.5. The topological polar surface area (TPSA) is 124 Å². The first-order chi connectivity index (χ1) is 15.2. The molecule has 31 heavy (non-hydrogen) atoms. The van der Waals surface area contributed by atoms with Crippen molar-refractivity contribution in [3.05, 3.63) is 60.0 Å². The number of azo groups is 1. The lowest BCUT2D eigenvalue weighted by molar-refractivity contribution is -0.131. The highest BCUT2D eigenvalue weighted by Crippen LogP contribution is 2.33. The lowest BCUT2D eigenvalue weighted by atomic mass is 10.1. The molecule has 0 spiro atoms.